The highest BCUT2D eigenvalue weighted by Crippen LogP contribution is 2.41. The van der Waals surface area contributed by atoms with Gasteiger partial charge in [0.2, 0.25) is 0 Å². The van der Waals surface area contributed by atoms with Gasteiger partial charge in [-0.1, -0.05) is 51.0 Å². The molecule has 0 spiro atoms. The fourth-order valence-electron chi connectivity index (χ4n) is 6.62. The highest BCUT2D eigenvalue weighted by atomic mass is 32.2. The normalized spacial score (nSPS) is 18.8. The summed E-state index contributed by atoms with van der Waals surface area (Å²) >= 11 is 1.87. The number of halogens is 2. The molecule has 47 heavy (non-hydrogen) atoms. The molecule has 4 bridgehead atoms. The third-order valence-electron chi connectivity index (χ3n) is 9.41. The van der Waals surface area contributed by atoms with Crippen molar-refractivity contribution in [1.29, 1.82) is 0 Å². The van der Waals surface area contributed by atoms with Crippen molar-refractivity contribution in [2.24, 2.45) is 5.41 Å². The molecule has 9 heteroatoms. The Bertz CT molecular complexity index is 1900. The Labute approximate surface area is 278 Å². The molecule has 0 fully saturated rings. The molecular formula is C38H41F2N3O3S. The van der Waals surface area contributed by atoms with Crippen molar-refractivity contribution in [2.45, 2.75) is 71.1 Å². The Kier molecular flexibility index (Phi) is 9.46. The van der Waals surface area contributed by atoms with Crippen LogP contribution in [0.1, 0.15) is 75.3 Å². The topological polar surface area (TPSA) is 91.0 Å². The van der Waals surface area contributed by atoms with E-state index in [1.807, 2.05) is 30.0 Å². The first-order chi connectivity index (χ1) is 22.5. The molecule has 5 aromatic rings. The van der Waals surface area contributed by atoms with Crippen LogP contribution in [0.3, 0.4) is 0 Å². The van der Waals surface area contributed by atoms with Gasteiger partial charge in [0.05, 0.1) is 5.56 Å². The molecule has 6 rings (SSSR count). The number of nitrogens with zero attached hydrogens (tertiary/aromatic N) is 1. The summed E-state index contributed by atoms with van der Waals surface area (Å²) in [6, 6.07) is 15.9. The van der Waals surface area contributed by atoms with Crippen molar-refractivity contribution in [2.75, 3.05) is 11.5 Å². The smallest absolute Gasteiger partial charge is 0.303 e. The van der Waals surface area contributed by atoms with Crippen LogP contribution in [0.5, 0.6) is 11.5 Å². The number of aromatic nitrogens is 3. The van der Waals surface area contributed by atoms with Gasteiger partial charge in [-0.2, -0.15) is 11.8 Å². The molecule has 0 saturated heterocycles. The average molecular weight is 658 g/mol. The fraction of sp³-hybridized carbons (Fsp3) is 0.368. The SMILES string of the molecule is CC1(C)CCCCC(C)(c2cccc(CCC(=O)O)c2)c2cnc([nH]2)-c2cc(ccc2F)Oc2c(F)cc3[nH]ccc3c2CCSC1. The maximum atomic E-state index is 15.6. The highest BCUT2D eigenvalue weighted by molar-refractivity contribution is 7.99. The monoisotopic (exact) mass is 657 g/mol. The molecule has 2 aromatic heterocycles. The number of aromatic amines is 2. The minimum absolute atomic E-state index is 0.0591. The number of carbonyl (C=O) groups is 1. The molecule has 246 valence electrons. The van der Waals surface area contributed by atoms with Gasteiger partial charge in [0.1, 0.15) is 17.4 Å². The summed E-state index contributed by atoms with van der Waals surface area (Å²) in [6.45, 7) is 6.77. The lowest BCUT2D eigenvalue weighted by atomic mass is 9.74. The fourth-order valence-corrected chi connectivity index (χ4v) is 7.81. The maximum Gasteiger partial charge on any atom is 0.303 e. The van der Waals surface area contributed by atoms with E-state index in [-0.39, 0.29) is 23.1 Å². The Morgan fingerprint density at radius 3 is 2.70 bits per heavy atom. The molecule has 0 radical (unpaired) electrons. The zero-order valence-corrected chi connectivity index (χ0v) is 27.9. The molecule has 3 N–H and O–H groups in total. The quantitative estimate of drug-likeness (QED) is 0.179. The van der Waals surface area contributed by atoms with Gasteiger partial charge < -0.3 is 19.8 Å². The number of rotatable bonds is 4. The third-order valence-corrected chi connectivity index (χ3v) is 10.9. The summed E-state index contributed by atoms with van der Waals surface area (Å²) in [4.78, 5) is 22.4. The number of carboxylic acids is 1. The van der Waals surface area contributed by atoms with Crippen molar-refractivity contribution < 1.29 is 23.4 Å². The number of fused-ring (bicyclic) bond motifs is 8. The second-order valence-electron chi connectivity index (χ2n) is 13.6. The first-order valence-corrected chi connectivity index (χ1v) is 17.4. The Hall–Kier alpha value is -4.11. The number of aryl methyl sites for hydroxylation is 2. The molecule has 0 aliphatic carbocycles. The van der Waals surface area contributed by atoms with Crippen LogP contribution in [0.15, 0.2) is 67.0 Å². The standard InChI is InChI=1S/C38H41F2N3O3S/c1-37(2)15-4-5-16-38(3,25-8-6-7-24(19-25)9-12-34(44)45)33-22-42-36(43-33)29-20-26(10-11-30(29)39)46-35-28(14-18-47-23-37)27-13-17-41-32(27)21-31(35)40/h6-8,10-11,13,17,19-22,41H,4-5,9,12,14-16,18,23H2,1-3H3,(H,42,43)(H,44,45). The minimum Gasteiger partial charge on any atom is -0.481 e. The van der Waals surface area contributed by atoms with Gasteiger partial charge in [-0.15, -0.1) is 0 Å². The number of thioether (sulfide) groups is 1. The number of aliphatic carboxylic acids is 1. The van der Waals surface area contributed by atoms with Crippen LogP contribution in [0.4, 0.5) is 8.78 Å². The summed E-state index contributed by atoms with van der Waals surface area (Å²) in [7, 11) is 0. The van der Waals surface area contributed by atoms with E-state index in [4.69, 9.17) is 4.74 Å². The van der Waals surface area contributed by atoms with E-state index < -0.39 is 23.0 Å². The summed E-state index contributed by atoms with van der Waals surface area (Å²) < 4.78 is 37.2. The van der Waals surface area contributed by atoms with E-state index in [1.165, 1.54) is 18.2 Å². The summed E-state index contributed by atoms with van der Waals surface area (Å²) in [5, 5.41) is 10.2. The number of hydrogen-bond donors (Lipinski definition) is 3. The van der Waals surface area contributed by atoms with Crippen molar-refractivity contribution in [1.82, 2.24) is 15.0 Å². The van der Waals surface area contributed by atoms with Crippen LogP contribution in [0.2, 0.25) is 0 Å². The van der Waals surface area contributed by atoms with E-state index in [2.05, 4.69) is 47.9 Å². The summed E-state index contributed by atoms with van der Waals surface area (Å²) in [6.07, 6.45) is 8.58. The zero-order chi connectivity index (χ0) is 33.2. The lowest BCUT2D eigenvalue weighted by Gasteiger charge is -2.31. The van der Waals surface area contributed by atoms with Gasteiger partial charge in [0, 0.05) is 52.5 Å². The van der Waals surface area contributed by atoms with Gasteiger partial charge in [-0.3, -0.25) is 4.79 Å². The highest BCUT2D eigenvalue weighted by Gasteiger charge is 2.32. The molecule has 3 heterocycles. The third kappa shape index (κ3) is 7.25. The first-order valence-electron chi connectivity index (χ1n) is 16.2. The van der Waals surface area contributed by atoms with Gasteiger partial charge in [-0.25, -0.2) is 13.8 Å². The molecule has 1 aliphatic rings. The van der Waals surface area contributed by atoms with E-state index in [1.54, 1.807) is 18.5 Å². The number of benzene rings is 3. The van der Waals surface area contributed by atoms with Crippen molar-refractivity contribution in [3.05, 3.63) is 101 Å². The van der Waals surface area contributed by atoms with Crippen LogP contribution in [0, 0.1) is 17.0 Å². The number of nitrogens with one attached hydrogen (secondary N) is 2. The molecule has 1 unspecified atom stereocenters. The van der Waals surface area contributed by atoms with Gasteiger partial charge in [-0.05, 0) is 84.9 Å². The van der Waals surface area contributed by atoms with Crippen LogP contribution in [-0.4, -0.2) is 37.5 Å². The predicted octanol–water partition coefficient (Wildman–Crippen LogP) is 9.83. The van der Waals surface area contributed by atoms with Crippen LogP contribution in [0.25, 0.3) is 22.3 Å². The van der Waals surface area contributed by atoms with Crippen LogP contribution in [-0.2, 0) is 23.1 Å². The lowest BCUT2D eigenvalue weighted by molar-refractivity contribution is -0.136. The molecule has 1 atom stereocenters. The van der Waals surface area contributed by atoms with Gasteiger partial charge >= 0.3 is 5.97 Å². The number of H-pyrrole nitrogens is 2. The summed E-state index contributed by atoms with van der Waals surface area (Å²) in [5.41, 5.74) is 4.21. The van der Waals surface area contributed by atoms with E-state index >= 15 is 8.78 Å². The molecule has 1 aliphatic heterocycles. The predicted molar refractivity (Wildman–Crippen MR) is 184 cm³/mol. The Morgan fingerprint density at radius 1 is 1.04 bits per heavy atom. The lowest BCUT2D eigenvalue weighted by Crippen LogP contribution is -2.25. The minimum atomic E-state index is -0.829. The number of hydrogen-bond acceptors (Lipinski definition) is 4. The Morgan fingerprint density at radius 2 is 1.87 bits per heavy atom. The van der Waals surface area contributed by atoms with Crippen molar-refractivity contribution in [3.63, 3.8) is 0 Å². The second-order valence-corrected chi connectivity index (χ2v) is 14.7. The van der Waals surface area contributed by atoms with Gasteiger partial charge in [0.15, 0.2) is 11.6 Å². The first kappa shape index (κ1) is 32.8. The summed E-state index contributed by atoms with van der Waals surface area (Å²) in [5.74, 6) is 0.836. The second kappa shape index (κ2) is 13.6. The molecule has 3 aromatic carbocycles. The van der Waals surface area contributed by atoms with Gasteiger partial charge in [0.25, 0.3) is 0 Å². The molecule has 0 saturated carbocycles. The Balaban J connectivity index is 1.42. The van der Waals surface area contributed by atoms with Crippen LogP contribution < -0.4 is 4.74 Å². The maximum absolute atomic E-state index is 15.6. The molecule has 0 amide bonds. The van der Waals surface area contributed by atoms with Crippen LogP contribution >= 0.6 is 11.8 Å². The number of carboxylic acid groups (broad SMARTS) is 1. The van der Waals surface area contributed by atoms with Crippen molar-refractivity contribution in [3.8, 4) is 22.9 Å². The van der Waals surface area contributed by atoms with Crippen molar-refractivity contribution >= 4 is 28.6 Å². The number of ether oxygens (including phenoxy) is 1. The molecular weight excluding hydrogens is 616 g/mol. The zero-order valence-electron chi connectivity index (χ0n) is 27.1. The van der Waals surface area contributed by atoms with E-state index in [9.17, 15) is 9.90 Å². The van der Waals surface area contributed by atoms with E-state index in [0.29, 0.717) is 29.9 Å². The van der Waals surface area contributed by atoms with E-state index in [0.717, 1.165) is 65.0 Å². The number of imidazole rings is 1. The molecule has 6 nitrogen and oxygen atoms in total. The average Bonchev–Trinajstić information content (AvgIpc) is 3.73. The largest absolute Gasteiger partial charge is 0.481 e.